The second kappa shape index (κ2) is 27.7. The number of carbonyl (C=O) groups is 2. The van der Waals surface area contributed by atoms with Crippen LogP contribution in [0.25, 0.3) is 22.5 Å². The number of ether oxygens (including phenoxy) is 2. The number of pyridine rings is 6. The minimum Gasteiger partial charge on any atom is -0.464 e. The van der Waals surface area contributed by atoms with E-state index in [0.717, 1.165) is 22.3 Å². The van der Waals surface area contributed by atoms with Crippen molar-refractivity contribution in [3.05, 3.63) is 131 Å². The number of hydrogen-bond acceptors (Lipinski definition) is 16. The van der Waals surface area contributed by atoms with E-state index >= 15 is 0 Å². The fourth-order valence-electron chi connectivity index (χ4n) is 9.97. The van der Waals surface area contributed by atoms with Crippen molar-refractivity contribution in [2.75, 3.05) is 47.9 Å². The third-order valence-corrected chi connectivity index (χ3v) is 16.1. The van der Waals surface area contributed by atoms with Crippen molar-refractivity contribution < 1.29 is 55.3 Å². The van der Waals surface area contributed by atoms with Crippen molar-refractivity contribution in [1.82, 2.24) is 29.9 Å². The Morgan fingerprint density at radius 1 is 0.575 bits per heavy atom. The van der Waals surface area contributed by atoms with E-state index in [9.17, 15) is 45.8 Å². The monoisotopic (exact) mass is 1140 g/mol. The molecule has 0 unspecified atom stereocenters. The third-order valence-electron chi connectivity index (χ3n) is 14.6. The number of esters is 2. The molecule has 2 fully saturated rings. The highest BCUT2D eigenvalue weighted by Gasteiger charge is 2.41. The highest BCUT2D eigenvalue weighted by atomic mass is 32.2. The Bertz CT molecular complexity index is 2900. The molecule has 428 valence electrons. The lowest BCUT2D eigenvalue weighted by molar-refractivity contribution is -0.151. The SMILES string of the molecule is Cc1cc(Nc2cc(C(F)F)ccn2)nc(-c2ccc([C@](C)(O)C3CCC(C(=O)OCC[S@@](C)=O)CC3)nc2)c1.Cc1cc(Nc2cc(C(F)F)ccn2)nc(-c2ccc([C@](C)(O)C3CCC(C(=O)OCC[S@](C)=O)CC3)nc2)c1. The van der Waals surface area contributed by atoms with Gasteiger partial charge in [0.25, 0.3) is 12.9 Å². The van der Waals surface area contributed by atoms with Gasteiger partial charge < -0.3 is 30.3 Å². The van der Waals surface area contributed by atoms with Crippen molar-refractivity contribution in [3.63, 3.8) is 0 Å². The summed E-state index contributed by atoms with van der Waals surface area (Å²) in [5.41, 5.74) is 3.01. The molecule has 6 heterocycles. The fourth-order valence-corrected chi connectivity index (χ4v) is 10.6. The molecular weight excluding hydrogens is 1080 g/mol. The zero-order valence-corrected chi connectivity index (χ0v) is 47.2. The van der Waals surface area contributed by atoms with E-state index in [0.29, 0.717) is 97.3 Å². The second-order valence-electron chi connectivity index (χ2n) is 20.8. The Balaban J connectivity index is 0.000000231. The number of rotatable bonds is 20. The minimum atomic E-state index is -2.59. The van der Waals surface area contributed by atoms with Crippen LogP contribution < -0.4 is 10.6 Å². The highest BCUT2D eigenvalue weighted by Crippen LogP contribution is 2.43. The quantitative estimate of drug-likeness (QED) is 0.0411. The van der Waals surface area contributed by atoms with Gasteiger partial charge in [0.1, 0.15) is 47.7 Å². The van der Waals surface area contributed by atoms with Crippen molar-refractivity contribution in [1.29, 1.82) is 0 Å². The van der Waals surface area contributed by atoms with Crippen LogP contribution in [0.4, 0.5) is 40.8 Å². The van der Waals surface area contributed by atoms with Crippen LogP contribution in [0.15, 0.2) is 97.6 Å². The van der Waals surface area contributed by atoms with Gasteiger partial charge >= 0.3 is 11.9 Å². The van der Waals surface area contributed by atoms with Crippen LogP contribution in [0, 0.1) is 37.5 Å². The molecule has 0 amide bonds. The topological polar surface area (TPSA) is 229 Å². The van der Waals surface area contributed by atoms with Gasteiger partial charge in [-0.1, -0.05) is 0 Å². The molecule has 2 aliphatic rings. The summed E-state index contributed by atoms with van der Waals surface area (Å²) < 4.78 is 85.1. The van der Waals surface area contributed by atoms with Crippen LogP contribution in [-0.4, -0.2) is 97.7 Å². The van der Waals surface area contributed by atoms with E-state index in [4.69, 9.17) is 9.47 Å². The predicted octanol–water partition coefficient (Wildman–Crippen LogP) is 10.9. The first-order chi connectivity index (χ1) is 38.0. The largest absolute Gasteiger partial charge is 0.464 e. The summed E-state index contributed by atoms with van der Waals surface area (Å²) in [5.74, 6) is 1.05. The van der Waals surface area contributed by atoms with E-state index in [1.54, 1.807) is 63.0 Å². The van der Waals surface area contributed by atoms with Crippen LogP contribution in [-0.2, 0) is 51.9 Å². The van der Waals surface area contributed by atoms with Gasteiger partial charge in [-0.3, -0.25) is 28.0 Å². The summed E-state index contributed by atoms with van der Waals surface area (Å²) in [5, 5.41) is 28.8. The molecule has 16 nitrogen and oxygen atoms in total. The zero-order valence-electron chi connectivity index (χ0n) is 45.5. The Labute approximate surface area is 468 Å². The lowest BCUT2D eigenvalue weighted by Gasteiger charge is -2.37. The standard InChI is InChI=1S/2C29H34F2N4O4S/c2*1-18-14-23(34-26(15-18)35-25-16-20(27(30)31)10-11-32-25)21-6-9-24(33-17-21)29(2,37)22-7-4-19(5-8-22)28(36)39-12-13-40(3)38/h2*6,9-11,14-17,19,22,27,37H,4-5,7-8,12-13H2,1-3H3,(H,32,34,35)/t19?,22?,29-,40+;19?,22?,29-,40-/m11/s1. The number of carbonyl (C=O) groups excluding carboxylic acids is 2. The number of nitrogens with zero attached hydrogens (tertiary/aromatic N) is 6. The molecule has 4 atom stereocenters. The summed E-state index contributed by atoms with van der Waals surface area (Å²) in [6.45, 7) is 7.63. The van der Waals surface area contributed by atoms with E-state index in [1.807, 2.05) is 38.1 Å². The number of alkyl halides is 4. The number of anilines is 4. The average Bonchev–Trinajstić information content (AvgIpc) is 3.45. The summed E-state index contributed by atoms with van der Waals surface area (Å²) in [4.78, 5) is 51.2. The lowest BCUT2D eigenvalue weighted by atomic mass is 9.73. The first-order valence-electron chi connectivity index (χ1n) is 26.4. The van der Waals surface area contributed by atoms with Gasteiger partial charge in [-0.05, 0) is 175 Å². The number of halogens is 4. The maximum absolute atomic E-state index is 13.1. The molecule has 2 saturated carbocycles. The molecular formula is C58H68F4N8O8S2. The van der Waals surface area contributed by atoms with Gasteiger partial charge in [0, 0.05) is 81.2 Å². The molecule has 0 radical (unpaired) electrons. The maximum Gasteiger partial charge on any atom is 0.308 e. The molecule has 0 bridgehead atoms. The van der Waals surface area contributed by atoms with Crippen molar-refractivity contribution in [3.8, 4) is 22.5 Å². The molecule has 0 spiro atoms. The number of hydrogen-bond donors (Lipinski definition) is 4. The highest BCUT2D eigenvalue weighted by molar-refractivity contribution is 7.84. The molecule has 2 aliphatic carbocycles. The number of aryl methyl sites for hydroxylation is 2. The smallest absolute Gasteiger partial charge is 0.308 e. The number of nitrogens with one attached hydrogen (secondary N) is 2. The van der Waals surface area contributed by atoms with E-state index < -0.39 is 45.7 Å². The second-order valence-corrected chi connectivity index (χ2v) is 23.9. The van der Waals surface area contributed by atoms with Crippen LogP contribution in [0.1, 0.15) is 112 Å². The zero-order chi connectivity index (χ0) is 57.7. The first kappa shape index (κ1) is 61.0. The molecule has 0 aromatic carbocycles. The molecule has 8 rings (SSSR count). The molecule has 0 saturated heterocycles. The maximum atomic E-state index is 13.1. The first-order valence-corrected chi connectivity index (χ1v) is 29.8. The van der Waals surface area contributed by atoms with Crippen LogP contribution in [0.3, 0.4) is 0 Å². The van der Waals surface area contributed by atoms with Gasteiger partial charge in [-0.25, -0.2) is 37.5 Å². The van der Waals surface area contributed by atoms with Crippen molar-refractivity contribution in [2.45, 2.75) is 103 Å². The van der Waals surface area contributed by atoms with Crippen molar-refractivity contribution >= 4 is 56.8 Å². The van der Waals surface area contributed by atoms with Gasteiger partial charge in [-0.15, -0.1) is 0 Å². The van der Waals surface area contributed by atoms with E-state index in [1.165, 1.54) is 36.7 Å². The van der Waals surface area contributed by atoms with Gasteiger partial charge in [0.2, 0.25) is 0 Å². The van der Waals surface area contributed by atoms with E-state index in [2.05, 4.69) is 40.5 Å². The predicted molar refractivity (Wildman–Crippen MR) is 299 cm³/mol. The summed E-state index contributed by atoms with van der Waals surface area (Å²) in [6, 6.07) is 19.8. The normalized spacial score (nSPS) is 19.6. The molecule has 6 aromatic heterocycles. The Morgan fingerprint density at radius 3 is 1.27 bits per heavy atom. The molecule has 4 N–H and O–H groups in total. The van der Waals surface area contributed by atoms with Crippen LogP contribution >= 0.6 is 0 Å². The Kier molecular flexibility index (Phi) is 21.1. The van der Waals surface area contributed by atoms with Crippen LogP contribution in [0.5, 0.6) is 0 Å². The Morgan fingerprint density at radius 2 is 0.950 bits per heavy atom. The average molecular weight is 1150 g/mol. The third kappa shape index (κ3) is 16.7. The van der Waals surface area contributed by atoms with Gasteiger partial charge in [-0.2, -0.15) is 0 Å². The van der Waals surface area contributed by atoms with E-state index in [-0.39, 0.29) is 71.6 Å². The van der Waals surface area contributed by atoms with Crippen LogP contribution in [0.2, 0.25) is 0 Å². The van der Waals surface area contributed by atoms with Crippen molar-refractivity contribution in [2.24, 2.45) is 23.7 Å². The Hall–Kier alpha value is -6.62. The molecule has 0 aliphatic heterocycles. The summed E-state index contributed by atoms with van der Waals surface area (Å²) >= 11 is 0. The number of aliphatic hydroxyl groups is 2. The lowest BCUT2D eigenvalue weighted by Crippen LogP contribution is -2.37. The summed E-state index contributed by atoms with van der Waals surface area (Å²) in [6.07, 6.45) is 9.02. The molecule has 6 aromatic rings. The number of aromatic nitrogens is 6. The fraction of sp³-hybridized carbons (Fsp3) is 0.448. The van der Waals surface area contributed by atoms with Gasteiger partial charge in [0.05, 0.1) is 46.1 Å². The minimum absolute atomic E-state index is 0.0672. The molecule has 80 heavy (non-hydrogen) atoms. The summed E-state index contributed by atoms with van der Waals surface area (Å²) in [7, 11) is -2.01. The molecule has 22 heteroatoms. The van der Waals surface area contributed by atoms with Gasteiger partial charge in [0.15, 0.2) is 0 Å².